The molecule has 1 saturated heterocycles. The number of carbonyl (C=O) groups excluding carboxylic acids is 1. The first kappa shape index (κ1) is 15.5. The first-order valence-electron chi connectivity index (χ1n) is 7.83. The first-order chi connectivity index (χ1) is 11.2. The molecule has 1 aliphatic rings. The van der Waals surface area contributed by atoms with Crippen molar-refractivity contribution in [2.45, 2.75) is 19.1 Å². The third kappa shape index (κ3) is 3.87. The Bertz CT molecular complexity index is 711. The quantitative estimate of drug-likeness (QED) is 0.915. The lowest BCUT2D eigenvalue weighted by molar-refractivity contribution is -0.122. The van der Waals surface area contributed by atoms with Crippen molar-refractivity contribution in [2.24, 2.45) is 5.92 Å². The topological polar surface area (TPSA) is 60.3 Å². The van der Waals surface area contributed by atoms with Gasteiger partial charge in [-0.2, -0.15) is 0 Å². The molecule has 120 valence electrons. The van der Waals surface area contributed by atoms with E-state index in [2.05, 4.69) is 5.32 Å². The maximum Gasteiger partial charge on any atom is 0.250 e. The van der Waals surface area contributed by atoms with Crippen molar-refractivity contribution in [1.82, 2.24) is 9.88 Å². The number of amides is 1. The Labute approximate surface area is 134 Å². The van der Waals surface area contributed by atoms with Crippen LogP contribution in [0.3, 0.4) is 0 Å². The van der Waals surface area contributed by atoms with E-state index in [4.69, 9.17) is 4.74 Å². The lowest BCUT2D eigenvalue weighted by atomic mass is 9.95. The van der Waals surface area contributed by atoms with Crippen LogP contribution >= 0.6 is 0 Å². The van der Waals surface area contributed by atoms with Crippen molar-refractivity contribution in [3.8, 4) is 0 Å². The fourth-order valence-electron chi connectivity index (χ4n) is 2.90. The summed E-state index contributed by atoms with van der Waals surface area (Å²) >= 11 is 0. The van der Waals surface area contributed by atoms with Gasteiger partial charge in [-0.3, -0.25) is 9.59 Å². The van der Waals surface area contributed by atoms with Gasteiger partial charge in [0.15, 0.2) is 0 Å². The van der Waals surface area contributed by atoms with E-state index in [1.165, 1.54) is 10.6 Å². The molecule has 1 aromatic carbocycles. The zero-order valence-corrected chi connectivity index (χ0v) is 12.9. The standard InChI is InChI=1S/C18H20N2O3/c21-16(13-20-10-5-4-8-17(20)22)19-12-15-9-11-23-18(15)14-6-2-1-3-7-14/h1-8,10,15,18H,9,11-13H2,(H,19,21)/t15-,18-/m0/s1. The number of ether oxygens (including phenoxy) is 1. The molecular formula is C18H20N2O3. The van der Waals surface area contributed by atoms with Crippen LogP contribution in [0.4, 0.5) is 0 Å². The maximum absolute atomic E-state index is 12.1. The van der Waals surface area contributed by atoms with Gasteiger partial charge < -0.3 is 14.6 Å². The number of benzene rings is 1. The monoisotopic (exact) mass is 312 g/mol. The summed E-state index contributed by atoms with van der Waals surface area (Å²) in [5.41, 5.74) is 0.970. The fraction of sp³-hybridized carbons (Fsp3) is 0.333. The first-order valence-corrected chi connectivity index (χ1v) is 7.83. The van der Waals surface area contributed by atoms with Gasteiger partial charge in [0.05, 0.1) is 6.10 Å². The van der Waals surface area contributed by atoms with Crippen LogP contribution < -0.4 is 10.9 Å². The molecule has 5 heteroatoms. The molecule has 0 spiro atoms. The van der Waals surface area contributed by atoms with E-state index >= 15 is 0 Å². The molecule has 2 heterocycles. The molecule has 1 fully saturated rings. The molecule has 5 nitrogen and oxygen atoms in total. The molecule has 3 rings (SSSR count). The Morgan fingerprint density at radius 2 is 1.96 bits per heavy atom. The molecule has 0 bridgehead atoms. The average Bonchev–Trinajstić information content (AvgIpc) is 3.04. The minimum Gasteiger partial charge on any atom is -0.373 e. The summed E-state index contributed by atoms with van der Waals surface area (Å²) < 4.78 is 7.21. The number of hydrogen-bond acceptors (Lipinski definition) is 3. The van der Waals surface area contributed by atoms with E-state index in [0.29, 0.717) is 13.2 Å². The molecule has 1 amide bonds. The number of nitrogens with zero attached hydrogens (tertiary/aromatic N) is 1. The molecule has 0 unspecified atom stereocenters. The maximum atomic E-state index is 12.1. The van der Waals surface area contributed by atoms with Crippen LogP contribution in [-0.4, -0.2) is 23.6 Å². The van der Waals surface area contributed by atoms with Crippen LogP contribution in [0.2, 0.25) is 0 Å². The average molecular weight is 312 g/mol. The Morgan fingerprint density at radius 1 is 1.17 bits per heavy atom. The van der Waals surface area contributed by atoms with Crippen molar-refractivity contribution in [1.29, 1.82) is 0 Å². The summed E-state index contributed by atoms with van der Waals surface area (Å²) in [6.45, 7) is 1.31. The summed E-state index contributed by atoms with van der Waals surface area (Å²) in [5, 5.41) is 2.92. The number of carbonyl (C=O) groups is 1. The number of pyridine rings is 1. The molecule has 23 heavy (non-hydrogen) atoms. The molecule has 0 aliphatic carbocycles. The van der Waals surface area contributed by atoms with Crippen molar-refractivity contribution in [3.63, 3.8) is 0 Å². The van der Waals surface area contributed by atoms with Gasteiger partial charge in [-0.15, -0.1) is 0 Å². The van der Waals surface area contributed by atoms with Crippen molar-refractivity contribution in [3.05, 3.63) is 70.6 Å². The van der Waals surface area contributed by atoms with Crippen LogP contribution in [-0.2, 0) is 16.1 Å². The van der Waals surface area contributed by atoms with E-state index in [0.717, 1.165) is 12.0 Å². The predicted octanol–water partition coefficient (Wildman–Crippen LogP) is 1.74. The minimum atomic E-state index is -0.172. The van der Waals surface area contributed by atoms with Gasteiger partial charge >= 0.3 is 0 Å². The van der Waals surface area contributed by atoms with Gasteiger partial charge in [-0.25, -0.2) is 0 Å². The number of aromatic nitrogens is 1. The molecule has 1 aliphatic heterocycles. The molecule has 1 N–H and O–H groups in total. The summed E-state index contributed by atoms with van der Waals surface area (Å²) in [5.74, 6) is 0.103. The number of nitrogens with one attached hydrogen (secondary N) is 1. The summed E-state index contributed by atoms with van der Waals surface area (Å²) in [7, 11) is 0. The highest BCUT2D eigenvalue weighted by Gasteiger charge is 2.29. The SMILES string of the molecule is O=C(Cn1ccccc1=O)NC[C@@H]1CCO[C@H]1c1ccccc1. The van der Waals surface area contributed by atoms with Crippen molar-refractivity contribution < 1.29 is 9.53 Å². The van der Waals surface area contributed by atoms with Crippen LogP contribution in [0.5, 0.6) is 0 Å². The fourth-order valence-corrected chi connectivity index (χ4v) is 2.90. The third-order valence-electron chi connectivity index (χ3n) is 4.12. The van der Waals surface area contributed by atoms with Gasteiger partial charge in [0.1, 0.15) is 6.54 Å². The second-order valence-corrected chi connectivity index (χ2v) is 5.72. The number of hydrogen-bond donors (Lipinski definition) is 1. The van der Waals surface area contributed by atoms with Gasteiger partial charge in [-0.05, 0) is 18.1 Å². The normalized spacial score (nSPS) is 20.3. The van der Waals surface area contributed by atoms with Gasteiger partial charge in [0.25, 0.3) is 5.56 Å². The van der Waals surface area contributed by atoms with Gasteiger partial charge in [-0.1, -0.05) is 36.4 Å². The van der Waals surface area contributed by atoms with E-state index in [9.17, 15) is 9.59 Å². The minimum absolute atomic E-state index is 0.0240. The van der Waals surface area contributed by atoms with Crippen molar-refractivity contribution >= 4 is 5.91 Å². The second-order valence-electron chi connectivity index (χ2n) is 5.72. The molecule has 1 aromatic heterocycles. The van der Waals surface area contributed by atoms with E-state index in [1.54, 1.807) is 18.3 Å². The van der Waals surface area contributed by atoms with Crippen molar-refractivity contribution in [2.75, 3.05) is 13.2 Å². The zero-order valence-electron chi connectivity index (χ0n) is 12.9. The lowest BCUT2D eigenvalue weighted by Gasteiger charge is -2.19. The largest absolute Gasteiger partial charge is 0.373 e. The zero-order chi connectivity index (χ0) is 16.1. The Morgan fingerprint density at radius 3 is 2.74 bits per heavy atom. The lowest BCUT2D eigenvalue weighted by Crippen LogP contribution is -2.35. The Hall–Kier alpha value is -2.40. The van der Waals surface area contributed by atoms with Crippen LogP contribution in [0.15, 0.2) is 59.5 Å². The van der Waals surface area contributed by atoms with E-state index in [-0.39, 0.29) is 30.0 Å². The van der Waals surface area contributed by atoms with Crippen LogP contribution in [0.1, 0.15) is 18.1 Å². The molecule has 0 radical (unpaired) electrons. The molecule has 0 saturated carbocycles. The Balaban J connectivity index is 1.56. The number of rotatable bonds is 5. The summed E-state index contributed by atoms with van der Waals surface area (Å²) in [6.07, 6.45) is 2.56. The summed E-state index contributed by atoms with van der Waals surface area (Å²) in [6, 6.07) is 14.9. The van der Waals surface area contributed by atoms with Gasteiger partial charge in [0.2, 0.25) is 5.91 Å². The second kappa shape index (κ2) is 7.24. The molecule has 2 atom stereocenters. The summed E-state index contributed by atoms with van der Waals surface area (Å²) in [4.78, 5) is 23.7. The van der Waals surface area contributed by atoms with Gasteiger partial charge in [0, 0.05) is 31.3 Å². The molecule has 2 aromatic rings. The highest BCUT2D eigenvalue weighted by atomic mass is 16.5. The molecular weight excluding hydrogens is 292 g/mol. The Kier molecular flexibility index (Phi) is 4.88. The smallest absolute Gasteiger partial charge is 0.250 e. The van der Waals surface area contributed by atoms with Crippen LogP contribution in [0.25, 0.3) is 0 Å². The van der Waals surface area contributed by atoms with E-state index in [1.807, 2.05) is 30.3 Å². The highest BCUT2D eigenvalue weighted by Crippen LogP contribution is 2.33. The highest BCUT2D eigenvalue weighted by molar-refractivity contribution is 5.75. The van der Waals surface area contributed by atoms with Crippen LogP contribution in [0, 0.1) is 5.92 Å². The predicted molar refractivity (Wildman–Crippen MR) is 87.0 cm³/mol. The third-order valence-corrected chi connectivity index (χ3v) is 4.12. The van der Waals surface area contributed by atoms with E-state index < -0.39 is 0 Å².